The fourth-order valence-electron chi connectivity index (χ4n) is 6.89. The fourth-order valence-corrected chi connectivity index (χ4v) is 6.89. The van der Waals surface area contributed by atoms with Crippen molar-refractivity contribution in [3.05, 3.63) is 151 Å². The van der Waals surface area contributed by atoms with Gasteiger partial charge in [0.2, 0.25) is 0 Å². The molecule has 0 bridgehead atoms. The predicted molar refractivity (Wildman–Crippen MR) is 181 cm³/mol. The summed E-state index contributed by atoms with van der Waals surface area (Å²) in [5.41, 5.74) is 10.2. The fraction of sp³-hybridized carbons (Fsp3) is 0.0500. The van der Waals surface area contributed by atoms with Gasteiger partial charge in [0.05, 0.1) is 33.6 Å². The van der Waals surface area contributed by atoms with Crippen LogP contribution in [0.5, 0.6) is 0 Å². The number of pyridine rings is 2. The summed E-state index contributed by atoms with van der Waals surface area (Å²) >= 11 is 0. The van der Waals surface area contributed by atoms with Crippen molar-refractivity contribution in [1.29, 1.82) is 0 Å². The zero-order chi connectivity index (χ0) is 29.0. The third kappa shape index (κ3) is 3.78. The highest BCUT2D eigenvalue weighted by atomic mass is 15.1. The van der Waals surface area contributed by atoms with Crippen molar-refractivity contribution >= 4 is 38.8 Å². The highest BCUT2D eigenvalue weighted by Gasteiger charge is 2.24. The lowest BCUT2D eigenvalue weighted by Gasteiger charge is -2.13. The van der Waals surface area contributed by atoms with Crippen LogP contribution in [0.2, 0.25) is 0 Å². The molecule has 208 valence electrons. The van der Waals surface area contributed by atoms with Crippen LogP contribution in [0.4, 0.5) is 0 Å². The van der Waals surface area contributed by atoms with Crippen molar-refractivity contribution in [2.75, 3.05) is 0 Å². The van der Waals surface area contributed by atoms with Crippen LogP contribution in [0.3, 0.4) is 0 Å². The molecule has 0 saturated carbocycles. The van der Waals surface area contributed by atoms with Crippen LogP contribution < -0.4 is 0 Å². The van der Waals surface area contributed by atoms with Crippen LogP contribution in [0.25, 0.3) is 72.9 Å². The van der Waals surface area contributed by atoms with Gasteiger partial charge in [0.1, 0.15) is 11.6 Å². The Morgan fingerprint density at radius 2 is 1.14 bits per heavy atom. The van der Waals surface area contributed by atoms with E-state index < -0.39 is 0 Å². The lowest BCUT2D eigenvalue weighted by molar-refractivity contribution is 0.953. The molecule has 4 nitrogen and oxygen atoms in total. The summed E-state index contributed by atoms with van der Waals surface area (Å²) in [7, 11) is 0. The van der Waals surface area contributed by atoms with Gasteiger partial charge in [-0.15, -0.1) is 0 Å². The first-order chi connectivity index (χ1) is 21.8. The monoisotopic (exact) mass is 564 g/mol. The SMILES string of the molecule is C1=Cc2c(c3ccc4c(c5ccccc5n4-c4cccc(-c5ccccc5)n4)c3n2-c2cccc(-c3ccccc3)n2)CC1. The summed E-state index contributed by atoms with van der Waals surface area (Å²) in [6.45, 7) is 0. The molecular formula is C40H28N4. The minimum absolute atomic E-state index is 0.906. The zero-order valence-electron chi connectivity index (χ0n) is 24.1. The van der Waals surface area contributed by atoms with Crippen molar-refractivity contribution in [2.24, 2.45) is 0 Å². The number of para-hydroxylation sites is 1. The highest BCUT2D eigenvalue weighted by molar-refractivity contribution is 6.21. The van der Waals surface area contributed by atoms with E-state index in [1.807, 2.05) is 12.1 Å². The second-order valence-corrected chi connectivity index (χ2v) is 11.3. The van der Waals surface area contributed by atoms with Gasteiger partial charge >= 0.3 is 0 Å². The molecule has 1 aliphatic carbocycles. The molecule has 8 aromatic rings. The minimum atomic E-state index is 0.906. The third-order valence-corrected chi connectivity index (χ3v) is 8.81. The van der Waals surface area contributed by atoms with E-state index >= 15 is 0 Å². The number of hydrogen-bond donors (Lipinski definition) is 0. The predicted octanol–water partition coefficient (Wildman–Crippen LogP) is 9.81. The Balaban J connectivity index is 1.37. The Labute approximate surface area is 255 Å². The molecule has 1 aliphatic rings. The van der Waals surface area contributed by atoms with E-state index in [4.69, 9.17) is 9.97 Å². The van der Waals surface area contributed by atoms with Gasteiger partial charge in [0.25, 0.3) is 0 Å². The molecule has 0 aliphatic heterocycles. The van der Waals surface area contributed by atoms with Crippen LogP contribution in [-0.2, 0) is 6.42 Å². The molecule has 4 heteroatoms. The lowest BCUT2D eigenvalue weighted by atomic mass is 10.00. The maximum absolute atomic E-state index is 5.25. The van der Waals surface area contributed by atoms with Gasteiger partial charge in [0.15, 0.2) is 0 Å². The van der Waals surface area contributed by atoms with E-state index in [0.29, 0.717) is 0 Å². The lowest BCUT2D eigenvalue weighted by Crippen LogP contribution is -2.03. The van der Waals surface area contributed by atoms with Crippen molar-refractivity contribution in [2.45, 2.75) is 12.8 Å². The average molecular weight is 565 g/mol. The van der Waals surface area contributed by atoms with Gasteiger partial charge in [-0.2, -0.15) is 0 Å². The Kier molecular flexibility index (Phi) is 5.60. The van der Waals surface area contributed by atoms with E-state index in [1.165, 1.54) is 32.9 Å². The Morgan fingerprint density at radius 3 is 1.84 bits per heavy atom. The number of benzene rings is 4. The molecule has 0 fully saturated rings. The topological polar surface area (TPSA) is 35.6 Å². The normalized spacial score (nSPS) is 12.7. The summed E-state index contributed by atoms with van der Waals surface area (Å²) in [5.74, 6) is 1.83. The van der Waals surface area contributed by atoms with E-state index in [2.05, 4.69) is 143 Å². The zero-order valence-corrected chi connectivity index (χ0v) is 24.1. The molecule has 0 atom stereocenters. The third-order valence-electron chi connectivity index (χ3n) is 8.81. The molecule has 0 radical (unpaired) electrons. The highest BCUT2D eigenvalue weighted by Crippen LogP contribution is 2.42. The number of nitrogens with zero attached hydrogens (tertiary/aromatic N) is 4. The first-order valence-electron chi connectivity index (χ1n) is 15.2. The van der Waals surface area contributed by atoms with Crippen molar-refractivity contribution in [3.63, 3.8) is 0 Å². The Morgan fingerprint density at radius 1 is 0.500 bits per heavy atom. The van der Waals surface area contributed by atoms with Crippen molar-refractivity contribution < 1.29 is 0 Å². The maximum atomic E-state index is 5.25. The molecule has 0 amide bonds. The van der Waals surface area contributed by atoms with Crippen LogP contribution in [-0.4, -0.2) is 19.1 Å². The minimum Gasteiger partial charge on any atom is -0.294 e. The van der Waals surface area contributed by atoms with Crippen molar-refractivity contribution in [3.8, 4) is 34.2 Å². The molecular weight excluding hydrogens is 536 g/mol. The summed E-state index contributed by atoms with van der Waals surface area (Å²) in [6, 6.07) is 46.8. The molecule has 0 saturated heterocycles. The molecule has 0 N–H and O–H groups in total. The average Bonchev–Trinajstić information content (AvgIpc) is 3.62. The quantitative estimate of drug-likeness (QED) is 0.213. The summed E-state index contributed by atoms with van der Waals surface area (Å²) in [6.07, 6.45) is 6.63. The van der Waals surface area contributed by atoms with E-state index in [1.54, 1.807) is 0 Å². The molecule has 4 aromatic heterocycles. The molecule has 0 unspecified atom stereocenters. The van der Waals surface area contributed by atoms with E-state index in [-0.39, 0.29) is 0 Å². The van der Waals surface area contributed by atoms with Crippen LogP contribution in [0, 0.1) is 0 Å². The van der Waals surface area contributed by atoms with Crippen LogP contribution in [0.1, 0.15) is 17.7 Å². The molecule has 44 heavy (non-hydrogen) atoms. The smallest absolute Gasteiger partial charge is 0.138 e. The number of aryl methyl sites for hydroxylation is 1. The van der Waals surface area contributed by atoms with Crippen LogP contribution >= 0.6 is 0 Å². The summed E-state index contributed by atoms with van der Waals surface area (Å²) in [5, 5.41) is 3.72. The van der Waals surface area contributed by atoms with Gasteiger partial charge in [-0.3, -0.25) is 9.13 Å². The number of aromatic nitrogens is 4. The number of hydrogen-bond acceptors (Lipinski definition) is 2. The standard InChI is InChI=1S/C40H28N4/c1-3-13-27(14-4-1)32-19-11-23-37(41-32)43-35-22-10-8-18-31(35)39-36(43)26-25-30-29-17-7-9-21-34(29)44(40(30)39)38-24-12-20-33(42-38)28-15-5-2-6-16-28/h1-6,8-16,18-26H,7,17H2. The molecule has 4 aromatic carbocycles. The maximum Gasteiger partial charge on any atom is 0.138 e. The first kappa shape index (κ1) is 24.8. The number of allylic oxidation sites excluding steroid dienone is 1. The van der Waals surface area contributed by atoms with Gasteiger partial charge in [-0.25, -0.2) is 9.97 Å². The first-order valence-corrected chi connectivity index (χ1v) is 15.2. The summed E-state index contributed by atoms with van der Waals surface area (Å²) in [4.78, 5) is 10.4. The molecule has 0 spiro atoms. The Bertz CT molecular complexity index is 2380. The Hall–Kier alpha value is -5.74. The van der Waals surface area contributed by atoms with E-state index in [0.717, 1.165) is 58.0 Å². The number of fused-ring (bicyclic) bond motifs is 7. The van der Waals surface area contributed by atoms with Gasteiger partial charge in [-0.1, -0.05) is 103 Å². The largest absolute Gasteiger partial charge is 0.294 e. The van der Waals surface area contributed by atoms with Crippen molar-refractivity contribution in [1.82, 2.24) is 19.1 Å². The molecule has 4 heterocycles. The second kappa shape index (κ2) is 9.92. The van der Waals surface area contributed by atoms with Crippen LogP contribution in [0.15, 0.2) is 140 Å². The number of rotatable bonds is 4. The van der Waals surface area contributed by atoms with E-state index in [9.17, 15) is 0 Å². The van der Waals surface area contributed by atoms with Gasteiger partial charge in [-0.05, 0) is 60.9 Å². The van der Waals surface area contributed by atoms with Gasteiger partial charge < -0.3 is 0 Å². The summed E-state index contributed by atoms with van der Waals surface area (Å²) < 4.78 is 4.70. The second-order valence-electron chi connectivity index (χ2n) is 11.3. The molecule has 9 rings (SSSR count). The van der Waals surface area contributed by atoms with Gasteiger partial charge in [0, 0.05) is 27.3 Å².